The molecule has 0 radical (unpaired) electrons. The van der Waals surface area contributed by atoms with Gasteiger partial charge in [0.2, 0.25) is 5.91 Å². The summed E-state index contributed by atoms with van der Waals surface area (Å²) >= 11 is 0. The predicted octanol–water partition coefficient (Wildman–Crippen LogP) is 4.82. The summed E-state index contributed by atoms with van der Waals surface area (Å²) in [6, 6.07) is 24.2. The minimum atomic E-state index is -0.319. The highest BCUT2D eigenvalue weighted by Crippen LogP contribution is 2.27. The number of hydrazone groups is 1. The van der Waals surface area contributed by atoms with E-state index in [0.29, 0.717) is 0 Å². The second-order valence-electron chi connectivity index (χ2n) is 6.33. The van der Waals surface area contributed by atoms with Gasteiger partial charge < -0.3 is 0 Å². The molecule has 1 N–H and O–H groups in total. The van der Waals surface area contributed by atoms with Gasteiger partial charge in [-0.2, -0.15) is 5.10 Å². The third-order valence-corrected chi connectivity index (χ3v) is 4.47. The van der Waals surface area contributed by atoms with Crippen LogP contribution in [-0.2, 0) is 11.2 Å². The number of halogens is 1. The van der Waals surface area contributed by atoms with E-state index >= 15 is 0 Å². The zero-order chi connectivity index (χ0) is 18.6. The second-order valence-corrected chi connectivity index (χ2v) is 6.33. The van der Waals surface area contributed by atoms with Crippen molar-refractivity contribution in [2.45, 2.75) is 6.42 Å². The summed E-state index contributed by atoms with van der Waals surface area (Å²) in [7, 11) is 0. The van der Waals surface area contributed by atoms with Crippen molar-refractivity contribution in [1.29, 1.82) is 0 Å². The average Bonchev–Trinajstić information content (AvgIpc) is 2.69. The zero-order valence-electron chi connectivity index (χ0n) is 14.5. The predicted molar refractivity (Wildman–Crippen MR) is 107 cm³/mol. The number of amides is 1. The average molecular weight is 356 g/mol. The highest BCUT2D eigenvalue weighted by molar-refractivity contribution is 6.13. The van der Waals surface area contributed by atoms with Gasteiger partial charge in [-0.3, -0.25) is 4.79 Å². The van der Waals surface area contributed by atoms with E-state index in [0.717, 1.165) is 32.7 Å². The standard InChI is InChI=1S/C23H17FN2O/c24-19-11-9-16(10-12-19)13-23(27)26-25-15-22-20-7-3-1-5-17(20)14-18-6-2-4-8-21(18)22/h1-12,14-15H,13H2,(H,26,27)/b25-15+. The van der Waals surface area contributed by atoms with Crippen LogP contribution in [0.25, 0.3) is 21.5 Å². The van der Waals surface area contributed by atoms with Gasteiger partial charge >= 0.3 is 0 Å². The molecule has 132 valence electrons. The van der Waals surface area contributed by atoms with Gasteiger partial charge in [-0.25, -0.2) is 9.82 Å². The fraction of sp³-hybridized carbons (Fsp3) is 0.0435. The van der Waals surface area contributed by atoms with Gasteiger partial charge in [0.15, 0.2) is 0 Å². The molecule has 3 nitrogen and oxygen atoms in total. The van der Waals surface area contributed by atoms with Crippen LogP contribution in [0.3, 0.4) is 0 Å². The highest BCUT2D eigenvalue weighted by Gasteiger charge is 2.06. The van der Waals surface area contributed by atoms with E-state index in [4.69, 9.17) is 0 Å². The highest BCUT2D eigenvalue weighted by atomic mass is 19.1. The van der Waals surface area contributed by atoms with Gasteiger partial charge in [0.05, 0.1) is 12.6 Å². The summed E-state index contributed by atoms with van der Waals surface area (Å²) in [5.74, 6) is -0.567. The number of carbonyl (C=O) groups excluding carboxylic acids is 1. The molecule has 1 amide bonds. The molecule has 0 aliphatic rings. The minimum Gasteiger partial charge on any atom is -0.273 e. The van der Waals surface area contributed by atoms with Crippen molar-refractivity contribution < 1.29 is 9.18 Å². The molecule has 0 saturated heterocycles. The topological polar surface area (TPSA) is 41.5 Å². The van der Waals surface area contributed by atoms with E-state index in [1.165, 1.54) is 12.1 Å². The fourth-order valence-electron chi connectivity index (χ4n) is 3.18. The lowest BCUT2D eigenvalue weighted by Gasteiger charge is -2.08. The van der Waals surface area contributed by atoms with Crippen LogP contribution in [0.2, 0.25) is 0 Å². The molecule has 0 bridgehead atoms. The van der Waals surface area contributed by atoms with E-state index < -0.39 is 0 Å². The molecule has 0 fully saturated rings. The van der Waals surface area contributed by atoms with Crippen molar-refractivity contribution in [1.82, 2.24) is 5.43 Å². The van der Waals surface area contributed by atoms with Crippen LogP contribution in [0.15, 0.2) is 84.0 Å². The summed E-state index contributed by atoms with van der Waals surface area (Å²) < 4.78 is 12.9. The van der Waals surface area contributed by atoms with E-state index in [9.17, 15) is 9.18 Å². The lowest BCUT2D eigenvalue weighted by atomic mass is 9.97. The molecular weight excluding hydrogens is 339 g/mol. The molecule has 0 aliphatic heterocycles. The van der Waals surface area contributed by atoms with E-state index in [1.807, 2.05) is 36.4 Å². The van der Waals surface area contributed by atoms with Gasteiger partial charge in [-0.05, 0) is 45.3 Å². The summed E-state index contributed by atoms with van der Waals surface area (Å²) in [6.45, 7) is 0. The number of rotatable bonds is 4. The molecule has 0 spiro atoms. The second kappa shape index (κ2) is 7.38. The van der Waals surface area contributed by atoms with Crippen LogP contribution in [0.1, 0.15) is 11.1 Å². The molecule has 0 aliphatic carbocycles. The fourth-order valence-corrected chi connectivity index (χ4v) is 3.18. The van der Waals surface area contributed by atoms with Gasteiger partial charge in [0.1, 0.15) is 5.82 Å². The molecule has 27 heavy (non-hydrogen) atoms. The smallest absolute Gasteiger partial charge is 0.244 e. The first-order chi connectivity index (χ1) is 13.2. The molecule has 0 aromatic heterocycles. The maximum atomic E-state index is 12.9. The van der Waals surface area contributed by atoms with Crippen LogP contribution >= 0.6 is 0 Å². The minimum absolute atomic E-state index is 0.147. The van der Waals surface area contributed by atoms with Crippen molar-refractivity contribution in [3.8, 4) is 0 Å². The molecule has 4 aromatic rings. The maximum Gasteiger partial charge on any atom is 0.244 e. The van der Waals surface area contributed by atoms with Crippen LogP contribution in [0.4, 0.5) is 4.39 Å². The van der Waals surface area contributed by atoms with Crippen LogP contribution in [0, 0.1) is 5.82 Å². The Morgan fingerprint density at radius 1 is 0.889 bits per heavy atom. The molecule has 4 heteroatoms. The number of hydrogen-bond donors (Lipinski definition) is 1. The van der Waals surface area contributed by atoms with Crippen molar-refractivity contribution in [2.75, 3.05) is 0 Å². The molecule has 0 heterocycles. The van der Waals surface area contributed by atoms with E-state index in [-0.39, 0.29) is 18.1 Å². The SMILES string of the molecule is O=C(Cc1ccc(F)cc1)N/N=C/c1c2ccccc2cc2ccccc12. The van der Waals surface area contributed by atoms with Crippen molar-refractivity contribution >= 4 is 33.7 Å². The van der Waals surface area contributed by atoms with Crippen molar-refractivity contribution in [3.63, 3.8) is 0 Å². The Hall–Kier alpha value is -3.53. The number of nitrogens with zero attached hydrogens (tertiary/aromatic N) is 1. The van der Waals surface area contributed by atoms with Gasteiger partial charge in [0.25, 0.3) is 0 Å². The van der Waals surface area contributed by atoms with E-state index in [2.05, 4.69) is 28.7 Å². The van der Waals surface area contributed by atoms with Crippen LogP contribution < -0.4 is 5.43 Å². The van der Waals surface area contributed by atoms with Gasteiger partial charge in [0, 0.05) is 5.56 Å². The lowest BCUT2D eigenvalue weighted by molar-refractivity contribution is -0.120. The van der Waals surface area contributed by atoms with Gasteiger partial charge in [-0.1, -0.05) is 60.7 Å². The van der Waals surface area contributed by atoms with Crippen LogP contribution in [-0.4, -0.2) is 12.1 Å². The molecule has 0 saturated carbocycles. The summed E-state index contributed by atoms with van der Waals surface area (Å²) in [4.78, 5) is 12.1. The molecular formula is C23H17FN2O. The number of hydrogen-bond acceptors (Lipinski definition) is 2. The Labute approximate surface area is 156 Å². The first kappa shape index (κ1) is 16.9. The van der Waals surface area contributed by atoms with Crippen LogP contribution in [0.5, 0.6) is 0 Å². The largest absolute Gasteiger partial charge is 0.273 e. The Morgan fingerprint density at radius 3 is 2.11 bits per heavy atom. The number of fused-ring (bicyclic) bond motifs is 2. The molecule has 0 atom stereocenters. The Balaban J connectivity index is 1.60. The first-order valence-corrected chi connectivity index (χ1v) is 8.67. The molecule has 4 aromatic carbocycles. The number of carbonyl (C=O) groups is 1. The van der Waals surface area contributed by atoms with Crippen molar-refractivity contribution in [3.05, 3.63) is 95.8 Å². The molecule has 4 rings (SSSR count). The monoisotopic (exact) mass is 356 g/mol. The van der Waals surface area contributed by atoms with Gasteiger partial charge in [-0.15, -0.1) is 0 Å². The molecule has 0 unspecified atom stereocenters. The first-order valence-electron chi connectivity index (χ1n) is 8.67. The lowest BCUT2D eigenvalue weighted by Crippen LogP contribution is -2.19. The van der Waals surface area contributed by atoms with E-state index in [1.54, 1.807) is 18.3 Å². The Morgan fingerprint density at radius 2 is 1.48 bits per heavy atom. The summed E-state index contributed by atoms with van der Waals surface area (Å²) in [6.07, 6.45) is 1.83. The number of nitrogens with one attached hydrogen (secondary N) is 1. The van der Waals surface area contributed by atoms with Crippen molar-refractivity contribution in [2.24, 2.45) is 5.10 Å². The maximum absolute atomic E-state index is 12.9. The quantitative estimate of drug-likeness (QED) is 0.318. The summed E-state index contributed by atoms with van der Waals surface area (Å²) in [5.41, 5.74) is 4.26. The zero-order valence-corrected chi connectivity index (χ0v) is 14.5. The Bertz CT molecular complexity index is 1100. The summed E-state index contributed by atoms with van der Waals surface area (Å²) in [5, 5.41) is 8.55. The third-order valence-electron chi connectivity index (χ3n) is 4.47. The normalized spacial score (nSPS) is 11.3. The number of benzene rings is 4. The third kappa shape index (κ3) is 3.70. The Kier molecular flexibility index (Phi) is 4.62.